The number of likely N-dealkylation sites (tertiary alicyclic amines) is 2. The van der Waals surface area contributed by atoms with Gasteiger partial charge in [-0.1, -0.05) is 24.3 Å². The van der Waals surface area contributed by atoms with E-state index >= 15 is 0 Å². The van der Waals surface area contributed by atoms with E-state index in [0.717, 1.165) is 38.4 Å². The Morgan fingerprint density at radius 2 is 1.72 bits per heavy atom. The van der Waals surface area contributed by atoms with E-state index in [9.17, 15) is 4.79 Å². The maximum absolute atomic E-state index is 12.4. The van der Waals surface area contributed by atoms with Gasteiger partial charge in [0.2, 0.25) is 5.91 Å². The number of amides is 1. The highest BCUT2D eigenvalue weighted by Crippen LogP contribution is 2.17. The zero-order valence-electron chi connectivity index (χ0n) is 18.1. The average molecular weight is 400 g/mol. The number of carbonyl (C=O) groups is 1. The molecule has 0 radical (unpaired) electrons. The third-order valence-electron chi connectivity index (χ3n) is 6.07. The van der Waals surface area contributed by atoms with Crippen molar-refractivity contribution in [2.24, 2.45) is 4.99 Å². The van der Waals surface area contributed by atoms with Gasteiger partial charge < -0.3 is 15.5 Å². The van der Waals surface area contributed by atoms with Crippen LogP contribution in [0.2, 0.25) is 0 Å². The second-order valence-electron chi connectivity index (χ2n) is 8.33. The van der Waals surface area contributed by atoms with Crippen LogP contribution >= 0.6 is 0 Å². The Hall–Kier alpha value is -2.08. The Labute approximate surface area is 175 Å². The van der Waals surface area contributed by atoms with Crippen molar-refractivity contribution in [3.05, 3.63) is 35.4 Å². The van der Waals surface area contributed by atoms with E-state index in [-0.39, 0.29) is 5.91 Å². The molecule has 0 saturated carbocycles. The predicted octanol–water partition coefficient (Wildman–Crippen LogP) is 2.74. The molecule has 2 saturated heterocycles. The molecule has 1 amide bonds. The molecular weight excluding hydrogens is 362 g/mol. The number of rotatable bonds is 7. The van der Waals surface area contributed by atoms with Crippen molar-refractivity contribution in [2.75, 3.05) is 33.2 Å². The number of hydrogen-bond donors (Lipinski definition) is 2. The number of piperidine rings is 1. The molecule has 6 heteroatoms. The number of guanidine groups is 1. The number of nitrogens with one attached hydrogen (secondary N) is 2. The van der Waals surface area contributed by atoms with Crippen LogP contribution in [-0.4, -0.2) is 60.9 Å². The predicted molar refractivity (Wildman–Crippen MR) is 119 cm³/mol. The summed E-state index contributed by atoms with van der Waals surface area (Å²) in [5.41, 5.74) is 2.61. The van der Waals surface area contributed by atoms with Crippen LogP contribution in [0.3, 0.4) is 0 Å². The number of aliphatic imine (C=N–C) groups is 1. The van der Waals surface area contributed by atoms with Crippen LogP contribution in [0.5, 0.6) is 0 Å². The van der Waals surface area contributed by atoms with Gasteiger partial charge in [-0.3, -0.25) is 14.7 Å². The summed E-state index contributed by atoms with van der Waals surface area (Å²) < 4.78 is 0. The summed E-state index contributed by atoms with van der Waals surface area (Å²) in [6, 6.07) is 9.20. The van der Waals surface area contributed by atoms with Gasteiger partial charge in [0, 0.05) is 45.7 Å². The average Bonchev–Trinajstić information content (AvgIpc) is 3.25. The zero-order valence-corrected chi connectivity index (χ0v) is 18.1. The molecule has 2 aliphatic rings. The largest absolute Gasteiger partial charge is 0.356 e. The normalized spacial score (nSPS) is 20.7. The lowest BCUT2D eigenvalue weighted by atomic mass is 10.0. The second kappa shape index (κ2) is 11.2. The van der Waals surface area contributed by atoms with Gasteiger partial charge in [-0.2, -0.15) is 0 Å². The molecule has 2 heterocycles. The summed E-state index contributed by atoms with van der Waals surface area (Å²) in [6.45, 7) is 7.90. The van der Waals surface area contributed by atoms with Crippen LogP contribution < -0.4 is 10.6 Å². The van der Waals surface area contributed by atoms with Crippen LogP contribution in [0.15, 0.2) is 29.3 Å². The SMILES string of the molecule is CN=C(NCCC(=O)N1CCCCC1C)NCc1ccc(CN2CCCC2)cc1. The lowest BCUT2D eigenvalue weighted by Crippen LogP contribution is -2.44. The molecule has 1 aromatic rings. The van der Waals surface area contributed by atoms with Crippen LogP contribution in [-0.2, 0) is 17.9 Å². The molecule has 6 nitrogen and oxygen atoms in total. The first-order valence-electron chi connectivity index (χ1n) is 11.2. The summed E-state index contributed by atoms with van der Waals surface area (Å²) in [6.07, 6.45) is 6.66. The smallest absolute Gasteiger partial charge is 0.224 e. The minimum absolute atomic E-state index is 0.244. The highest BCUT2D eigenvalue weighted by molar-refractivity contribution is 5.81. The maximum Gasteiger partial charge on any atom is 0.224 e. The third-order valence-corrected chi connectivity index (χ3v) is 6.07. The van der Waals surface area contributed by atoms with Crippen LogP contribution in [0.25, 0.3) is 0 Å². The van der Waals surface area contributed by atoms with Gasteiger partial charge in [0.1, 0.15) is 0 Å². The van der Waals surface area contributed by atoms with E-state index < -0.39 is 0 Å². The van der Waals surface area contributed by atoms with E-state index in [0.29, 0.717) is 19.0 Å². The summed E-state index contributed by atoms with van der Waals surface area (Å²) in [5.74, 6) is 0.986. The van der Waals surface area contributed by atoms with Crippen molar-refractivity contribution in [3.63, 3.8) is 0 Å². The van der Waals surface area contributed by atoms with Crippen molar-refractivity contribution in [1.82, 2.24) is 20.4 Å². The Bertz CT molecular complexity index is 666. The van der Waals surface area contributed by atoms with Crippen molar-refractivity contribution >= 4 is 11.9 Å². The Morgan fingerprint density at radius 3 is 2.41 bits per heavy atom. The molecule has 1 aromatic carbocycles. The highest BCUT2D eigenvalue weighted by Gasteiger charge is 2.22. The van der Waals surface area contributed by atoms with Crippen molar-refractivity contribution < 1.29 is 4.79 Å². The lowest BCUT2D eigenvalue weighted by molar-refractivity contribution is -0.134. The number of nitrogens with zero attached hydrogens (tertiary/aromatic N) is 3. The lowest BCUT2D eigenvalue weighted by Gasteiger charge is -2.33. The number of benzene rings is 1. The summed E-state index contributed by atoms with van der Waals surface area (Å²) >= 11 is 0. The molecule has 2 fully saturated rings. The first kappa shape index (κ1) is 21.6. The van der Waals surface area contributed by atoms with Gasteiger partial charge in [0.15, 0.2) is 5.96 Å². The molecule has 3 rings (SSSR count). The third kappa shape index (κ3) is 6.74. The van der Waals surface area contributed by atoms with Gasteiger partial charge in [-0.15, -0.1) is 0 Å². The molecule has 0 aliphatic carbocycles. The van der Waals surface area contributed by atoms with Crippen molar-refractivity contribution in [1.29, 1.82) is 0 Å². The van der Waals surface area contributed by atoms with Crippen LogP contribution in [0.4, 0.5) is 0 Å². The minimum Gasteiger partial charge on any atom is -0.356 e. The Balaban J connectivity index is 1.37. The fourth-order valence-electron chi connectivity index (χ4n) is 4.27. The molecule has 0 aromatic heterocycles. The van der Waals surface area contributed by atoms with E-state index in [4.69, 9.17) is 0 Å². The molecule has 29 heavy (non-hydrogen) atoms. The summed E-state index contributed by atoms with van der Waals surface area (Å²) in [5, 5.41) is 6.61. The maximum atomic E-state index is 12.4. The monoisotopic (exact) mass is 399 g/mol. The molecule has 0 bridgehead atoms. The molecule has 2 aliphatic heterocycles. The Morgan fingerprint density at radius 1 is 1.03 bits per heavy atom. The summed E-state index contributed by atoms with van der Waals surface area (Å²) in [4.78, 5) is 21.3. The van der Waals surface area contributed by atoms with Gasteiger partial charge in [-0.05, 0) is 63.2 Å². The molecule has 0 spiro atoms. The highest BCUT2D eigenvalue weighted by atomic mass is 16.2. The molecular formula is C23H37N5O. The molecule has 160 valence electrons. The standard InChI is InChI=1S/C23H37N5O/c1-19-7-3-4-16-28(19)22(29)12-13-25-23(24-2)26-17-20-8-10-21(11-9-20)18-27-14-5-6-15-27/h8-11,19H,3-7,12-18H2,1-2H3,(H2,24,25,26). The van der Waals surface area contributed by atoms with E-state index in [1.165, 1.54) is 43.5 Å². The fraction of sp³-hybridized carbons (Fsp3) is 0.652. The van der Waals surface area contributed by atoms with Gasteiger partial charge >= 0.3 is 0 Å². The van der Waals surface area contributed by atoms with E-state index in [2.05, 4.69) is 51.7 Å². The second-order valence-corrected chi connectivity index (χ2v) is 8.33. The molecule has 1 atom stereocenters. The van der Waals surface area contributed by atoms with Gasteiger partial charge in [0.25, 0.3) is 0 Å². The summed E-state index contributed by atoms with van der Waals surface area (Å²) in [7, 11) is 1.77. The quantitative estimate of drug-likeness (QED) is 0.547. The number of hydrogen-bond acceptors (Lipinski definition) is 3. The fourth-order valence-corrected chi connectivity index (χ4v) is 4.27. The first-order valence-corrected chi connectivity index (χ1v) is 11.2. The van der Waals surface area contributed by atoms with E-state index in [1.807, 2.05) is 4.90 Å². The van der Waals surface area contributed by atoms with Gasteiger partial charge in [0.05, 0.1) is 0 Å². The van der Waals surface area contributed by atoms with Gasteiger partial charge in [-0.25, -0.2) is 0 Å². The van der Waals surface area contributed by atoms with Crippen LogP contribution in [0.1, 0.15) is 56.6 Å². The Kier molecular flexibility index (Phi) is 8.35. The molecule has 1 unspecified atom stereocenters. The van der Waals surface area contributed by atoms with Crippen LogP contribution in [0, 0.1) is 0 Å². The first-order chi connectivity index (χ1) is 14.2. The zero-order chi connectivity index (χ0) is 20.5. The topological polar surface area (TPSA) is 60.0 Å². The minimum atomic E-state index is 0.244. The number of carbonyl (C=O) groups excluding carboxylic acids is 1. The van der Waals surface area contributed by atoms with Crippen molar-refractivity contribution in [2.45, 2.75) is 64.6 Å². The molecule has 2 N–H and O–H groups in total. The van der Waals surface area contributed by atoms with Crippen molar-refractivity contribution in [3.8, 4) is 0 Å². The van der Waals surface area contributed by atoms with E-state index in [1.54, 1.807) is 7.05 Å².